The SMILES string of the molecule is NC1=C(/C=C(\N)c2ccccc2O)N2CCN(CCN3CCNCC3)CC2CN1. The molecule has 0 spiro atoms. The molecule has 1 atom stereocenters. The Bertz CT molecular complexity index is 772. The third kappa shape index (κ3) is 4.60. The molecule has 4 rings (SSSR count). The summed E-state index contributed by atoms with van der Waals surface area (Å²) < 4.78 is 0. The summed E-state index contributed by atoms with van der Waals surface area (Å²) in [6, 6.07) is 7.49. The topological polar surface area (TPSA) is 106 Å². The fourth-order valence-electron chi connectivity index (χ4n) is 4.41. The lowest BCUT2D eigenvalue weighted by Gasteiger charge is -2.46. The molecule has 0 radical (unpaired) electrons. The number of benzene rings is 1. The van der Waals surface area contributed by atoms with Crippen LogP contribution in [0.5, 0.6) is 5.75 Å². The van der Waals surface area contributed by atoms with Gasteiger partial charge in [-0.15, -0.1) is 0 Å². The van der Waals surface area contributed by atoms with E-state index in [0.717, 1.165) is 71.1 Å². The van der Waals surface area contributed by atoms with Gasteiger partial charge < -0.3 is 32.1 Å². The summed E-state index contributed by atoms with van der Waals surface area (Å²) in [7, 11) is 0. The van der Waals surface area contributed by atoms with Crippen molar-refractivity contribution in [3.63, 3.8) is 0 Å². The van der Waals surface area contributed by atoms with Crippen LogP contribution in [-0.2, 0) is 0 Å². The maximum atomic E-state index is 10.1. The largest absolute Gasteiger partial charge is 0.507 e. The molecular weight excluding hydrogens is 366 g/mol. The monoisotopic (exact) mass is 399 g/mol. The average Bonchev–Trinajstić information content (AvgIpc) is 2.75. The van der Waals surface area contributed by atoms with E-state index in [2.05, 4.69) is 25.3 Å². The summed E-state index contributed by atoms with van der Waals surface area (Å²) >= 11 is 0. The van der Waals surface area contributed by atoms with E-state index < -0.39 is 0 Å². The third-order valence-corrected chi connectivity index (χ3v) is 6.13. The van der Waals surface area contributed by atoms with Crippen molar-refractivity contribution in [2.24, 2.45) is 11.5 Å². The van der Waals surface area contributed by atoms with E-state index in [-0.39, 0.29) is 5.75 Å². The molecule has 29 heavy (non-hydrogen) atoms. The molecule has 0 aliphatic carbocycles. The molecule has 3 aliphatic heterocycles. The summed E-state index contributed by atoms with van der Waals surface area (Å²) in [5.74, 6) is 0.826. The number of allylic oxidation sites excluding steroid dienone is 1. The number of nitrogens with zero attached hydrogens (tertiary/aromatic N) is 3. The highest BCUT2D eigenvalue weighted by atomic mass is 16.3. The molecular formula is C21H33N7O. The van der Waals surface area contributed by atoms with E-state index in [1.54, 1.807) is 12.1 Å². The summed E-state index contributed by atoms with van der Waals surface area (Å²) in [5, 5.41) is 16.8. The van der Waals surface area contributed by atoms with E-state index in [0.29, 0.717) is 23.1 Å². The maximum Gasteiger partial charge on any atom is 0.124 e. The van der Waals surface area contributed by atoms with Crippen molar-refractivity contribution in [3.8, 4) is 5.75 Å². The number of hydrogen-bond donors (Lipinski definition) is 5. The zero-order valence-corrected chi connectivity index (χ0v) is 17.0. The van der Waals surface area contributed by atoms with Crippen molar-refractivity contribution in [2.45, 2.75) is 6.04 Å². The van der Waals surface area contributed by atoms with Crippen LogP contribution in [0.25, 0.3) is 5.70 Å². The van der Waals surface area contributed by atoms with Crippen LogP contribution in [-0.4, -0.2) is 91.3 Å². The van der Waals surface area contributed by atoms with Crippen LogP contribution in [0.2, 0.25) is 0 Å². The van der Waals surface area contributed by atoms with Crippen LogP contribution in [0.15, 0.2) is 41.9 Å². The van der Waals surface area contributed by atoms with E-state index in [1.165, 1.54) is 0 Å². The van der Waals surface area contributed by atoms with Gasteiger partial charge in [0, 0.05) is 76.7 Å². The summed E-state index contributed by atoms with van der Waals surface area (Å²) in [5.41, 5.74) is 14.7. The minimum absolute atomic E-state index is 0.179. The first-order valence-electron chi connectivity index (χ1n) is 10.5. The van der Waals surface area contributed by atoms with Crippen molar-refractivity contribution < 1.29 is 5.11 Å². The molecule has 158 valence electrons. The summed E-state index contributed by atoms with van der Waals surface area (Å²) in [4.78, 5) is 7.46. The highest BCUT2D eigenvalue weighted by Crippen LogP contribution is 2.26. The highest BCUT2D eigenvalue weighted by Gasteiger charge is 2.32. The van der Waals surface area contributed by atoms with Crippen molar-refractivity contribution >= 4 is 5.70 Å². The highest BCUT2D eigenvalue weighted by molar-refractivity contribution is 5.70. The first kappa shape index (κ1) is 19.9. The van der Waals surface area contributed by atoms with Crippen LogP contribution in [0.4, 0.5) is 0 Å². The van der Waals surface area contributed by atoms with E-state index >= 15 is 0 Å². The van der Waals surface area contributed by atoms with Crippen LogP contribution >= 0.6 is 0 Å². The van der Waals surface area contributed by atoms with Gasteiger partial charge in [-0.3, -0.25) is 9.80 Å². The van der Waals surface area contributed by atoms with Gasteiger partial charge in [0.2, 0.25) is 0 Å². The average molecular weight is 400 g/mol. The fraction of sp³-hybridized carbons (Fsp3) is 0.524. The van der Waals surface area contributed by atoms with Gasteiger partial charge in [-0.2, -0.15) is 0 Å². The Morgan fingerprint density at radius 1 is 1.10 bits per heavy atom. The molecule has 8 heteroatoms. The smallest absolute Gasteiger partial charge is 0.124 e. The van der Waals surface area contributed by atoms with Crippen molar-refractivity contribution in [2.75, 3.05) is 65.4 Å². The molecule has 8 nitrogen and oxygen atoms in total. The molecule has 3 heterocycles. The second-order valence-electron chi connectivity index (χ2n) is 8.04. The molecule has 0 saturated carbocycles. The van der Waals surface area contributed by atoms with Crippen LogP contribution < -0.4 is 22.1 Å². The minimum atomic E-state index is 0.179. The summed E-state index contributed by atoms with van der Waals surface area (Å²) in [6.07, 6.45) is 1.89. The number of hydrogen-bond acceptors (Lipinski definition) is 8. The molecule has 7 N–H and O–H groups in total. The molecule has 1 aromatic carbocycles. The number of fused-ring (bicyclic) bond motifs is 1. The Morgan fingerprint density at radius 3 is 2.66 bits per heavy atom. The van der Waals surface area contributed by atoms with E-state index in [4.69, 9.17) is 11.5 Å². The maximum absolute atomic E-state index is 10.1. The number of phenolic OH excluding ortho intramolecular Hbond substituents is 1. The standard InChI is InChI=1S/C21H33N7O/c22-18(17-3-1-2-4-20(17)29)13-19-21(23)25-14-16-15-27(11-12-28(16)19)10-9-26-7-5-24-6-8-26/h1-4,13,16,24-25,29H,5-12,14-15,22-23H2/b18-13-. The Balaban J connectivity index is 1.41. The molecule has 2 fully saturated rings. The lowest BCUT2D eigenvalue weighted by molar-refractivity contribution is 0.0844. The van der Waals surface area contributed by atoms with Crippen LogP contribution in [0.3, 0.4) is 0 Å². The minimum Gasteiger partial charge on any atom is -0.507 e. The quantitative estimate of drug-likeness (QED) is 0.443. The molecule has 0 aromatic heterocycles. The first-order valence-corrected chi connectivity index (χ1v) is 10.5. The Hall–Kier alpha value is -2.42. The van der Waals surface area contributed by atoms with Crippen LogP contribution in [0.1, 0.15) is 5.56 Å². The lowest BCUT2D eigenvalue weighted by Crippen LogP contribution is -2.60. The molecule has 1 unspecified atom stereocenters. The predicted octanol–water partition coefficient (Wildman–Crippen LogP) is -0.686. The van der Waals surface area contributed by atoms with Crippen LogP contribution in [0, 0.1) is 0 Å². The van der Waals surface area contributed by atoms with Crippen molar-refractivity contribution in [1.29, 1.82) is 0 Å². The summed E-state index contributed by atoms with van der Waals surface area (Å²) in [6.45, 7) is 10.5. The second-order valence-corrected chi connectivity index (χ2v) is 8.04. The van der Waals surface area contributed by atoms with Gasteiger partial charge >= 0.3 is 0 Å². The lowest BCUT2D eigenvalue weighted by atomic mass is 10.1. The molecule has 0 bridgehead atoms. The van der Waals surface area contributed by atoms with E-state index in [9.17, 15) is 5.11 Å². The second kappa shape index (κ2) is 8.94. The number of para-hydroxylation sites is 1. The van der Waals surface area contributed by atoms with E-state index in [1.807, 2.05) is 18.2 Å². The van der Waals surface area contributed by atoms with Crippen molar-refractivity contribution in [3.05, 3.63) is 47.4 Å². The molecule has 1 aromatic rings. The van der Waals surface area contributed by atoms with Crippen molar-refractivity contribution in [1.82, 2.24) is 25.3 Å². The zero-order valence-electron chi connectivity index (χ0n) is 17.0. The number of piperazine rings is 2. The molecule has 2 saturated heterocycles. The normalized spacial score (nSPS) is 24.3. The van der Waals surface area contributed by atoms with Gasteiger partial charge in [0.25, 0.3) is 0 Å². The number of phenols is 1. The fourth-order valence-corrected chi connectivity index (χ4v) is 4.41. The third-order valence-electron chi connectivity index (χ3n) is 6.13. The Kier molecular flexibility index (Phi) is 6.13. The number of nitrogens with two attached hydrogens (primary N) is 2. The van der Waals surface area contributed by atoms with Gasteiger partial charge in [0.15, 0.2) is 0 Å². The first-order chi connectivity index (χ1) is 14.1. The zero-order chi connectivity index (χ0) is 20.2. The number of aromatic hydroxyl groups is 1. The predicted molar refractivity (Wildman–Crippen MR) is 116 cm³/mol. The molecule has 3 aliphatic rings. The number of rotatable bonds is 5. The van der Waals surface area contributed by atoms with Gasteiger partial charge in [-0.05, 0) is 18.2 Å². The van der Waals surface area contributed by atoms with Gasteiger partial charge in [-0.1, -0.05) is 12.1 Å². The Labute approximate surface area is 172 Å². The van der Waals surface area contributed by atoms with Gasteiger partial charge in [-0.25, -0.2) is 0 Å². The van der Waals surface area contributed by atoms with Gasteiger partial charge in [0.1, 0.15) is 11.6 Å². The Morgan fingerprint density at radius 2 is 1.86 bits per heavy atom. The number of nitrogens with one attached hydrogen (secondary N) is 2. The molecule has 0 amide bonds. The van der Waals surface area contributed by atoms with Gasteiger partial charge in [0.05, 0.1) is 11.7 Å².